The van der Waals surface area contributed by atoms with Gasteiger partial charge in [-0.1, -0.05) is 18.2 Å². The summed E-state index contributed by atoms with van der Waals surface area (Å²) in [5, 5.41) is 5.82. The van der Waals surface area contributed by atoms with E-state index in [1.54, 1.807) is 65.3 Å². The molecule has 0 radical (unpaired) electrons. The number of amides is 1. The lowest BCUT2D eigenvalue weighted by Gasteiger charge is -2.10. The molecule has 5 rings (SSSR count). The van der Waals surface area contributed by atoms with E-state index in [0.29, 0.717) is 34.0 Å². The van der Waals surface area contributed by atoms with Gasteiger partial charge < -0.3 is 16.4 Å². The Morgan fingerprint density at radius 1 is 0.939 bits per heavy atom. The highest BCUT2D eigenvalue weighted by Crippen LogP contribution is 2.24. The van der Waals surface area contributed by atoms with Gasteiger partial charge in [-0.25, -0.2) is 19.3 Å². The van der Waals surface area contributed by atoms with Gasteiger partial charge in [-0.05, 0) is 48.5 Å². The summed E-state index contributed by atoms with van der Waals surface area (Å²) in [6.45, 7) is 0. The zero-order valence-corrected chi connectivity index (χ0v) is 17.2. The molecule has 0 aliphatic rings. The molecule has 0 atom stereocenters. The third-order valence-corrected chi connectivity index (χ3v) is 5.02. The molecule has 9 heteroatoms. The molecule has 1 amide bonds. The van der Waals surface area contributed by atoms with Gasteiger partial charge >= 0.3 is 0 Å². The fraction of sp³-hybridized carbons (Fsp3) is 0. The number of aromatic nitrogens is 4. The summed E-state index contributed by atoms with van der Waals surface area (Å²) < 4.78 is 16.3. The van der Waals surface area contributed by atoms with Gasteiger partial charge in [0.25, 0.3) is 5.91 Å². The van der Waals surface area contributed by atoms with Crippen LogP contribution in [0, 0.1) is 5.82 Å². The third kappa shape index (κ3) is 4.07. The van der Waals surface area contributed by atoms with Gasteiger partial charge in [0.1, 0.15) is 11.3 Å². The number of carbonyl (C=O) groups excluding carboxylic acids is 1. The number of nitrogens with one attached hydrogen (secondary N) is 2. The van der Waals surface area contributed by atoms with Gasteiger partial charge in [0.2, 0.25) is 5.95 Å². The van der Waals surface area contributed by atoms with Crippen molar-refractivity contribution in [1.29, 1.82) is 0 Å². The van der Waals surface area contributed by atoms with Crippen LogP contribution in [0.5, 0.6) is 0 Å². The second kappa shape index (κ2) is 8.39. The van der Waals surface area contributed by atoms with Crippen LogP contribution in [-0.4, -0.2) is 25.3 Å². The van der Waals surface area contributed by atoms with Crippen molar-refractivity contribution >= 4 is 34.6 Å². The zero-order chi connectivity index (χ0) is 22.8. The number of halogens is 1. The van der Waals surface area contributed by atoms with Crippen molar-refractivity contribution in [3.63, 3.8) is 0 Å². The molecule has 8 nitrogen and oxygen atoms in total. The van der Waals surface area contributed by atoms with Crippen LogP contribution in [0.3, 0.4) is 0 Å². The number of nitrogen functional groups attached to an aromatic ring is 1. The zero-order valence-electron chi connectivity index (χ0n) is 17.2. The van der Waals surface area contributed by atoms with Gasteiger partial charge in [0, 0.05) is 17.4 Å². The molecule has 0 spiro atoms. The predicted octanol–water partition coefficient (Wildman–Crippen LogP) is 4.51. The highest BCUT2D eigenvalue weighted by Gasteiger charge is 2.14. The van der Waals surface area contributed by atoms with Crippen molar-refractivity contribution in [3.05, 3.63) is 96.7 Å². The second-order valence-electron chi connectivity index (χ2n) is 7.21. The van der Waals surface area contributed by atoms with Crippen LogP contribution in [-0.2, 0) is 0 Å². The number of carbonyl (C=O) groups is 1. The molecular formula is C24H18FN7O. The molecule has 0 bridgehead atoms. The topological polar surface area (TPSA) is 110 Å². The van der Waals surface area contributed by atoms with Crippen molar-refractivity contribution in [2.45, 2.75) is 0 Å². The first-order valence-electron chi connectivity index (χ1n) is 10.1. The Bertz CT molecular complexity index is 1460. The molecule has 4 N–H and O–H groups in total. The molecule has 3 heterocycles. The minimum absolute atomic E-state index is 0.127. The predicted molar refractivity (Wildman–Crippen MR) is 125 cm³/mol. The maximum Gasteiger partial charge on any atom is 0.255 e. The summed E-state index contributed by atoms with van der Waals surface area (Å²) in [5.41, 5.74) is 9.33. The van der Waals surface area contributed by atoms with E-state index >= 15 is 0 Å². The van der Waals surface area contributed by atoms with E-state index in [1.807, 2.05) is 18.2 Å². The number of nitrogens with zero attached hydrogens (tertiary/aromatic N) is 4. The number of anilines is 4. The number of nitrogens with two attached hydrogens (primary N) is 1. The first kappa shape index (κ1) is 20.1. The number of imidazole rings is 1. The summed E-state index contributed by atoms with van der Waals surface area (Å²) in [6, 6.07) is 19.3. The Hall–Kier alpha value is -4.79. The normalized spacial score (nSPS) is 10.8. The van der Waals surface area contributed by atoms with Crippen molar-refractivity contribution in [2.75, 3.05) is 16.4 Å². The van der Waals surface area contributed by atoms with Gasteiger partial charge in [-0.15, -0.1) is 0 Å². The molecule has 3 aromatic heterocycles. The lowest BCUT2D eigenvalue weighted by atomic mass is 10.2. The molecule has 33 heavy (non-hydrogen) atoms. The highest BCUT2D eigenvalue weighted by molar-refractivity contribution is 6.05. The van der Waals surface area contributed by atoms with Crippen molar-refractivity contribution in [3.8, 4) is 11.4 Å². The van der Waals surface area contributed by atoms with Crippen LogP contribution < -0.4 is 16.4 Å². The third-order valence-electron chi connectivity index (χ3n) is 5.02. The highest BCUT2D eigenvalue weighted by atomic mass is 19.1. The van der Waals surface area contributed by atoms with E-state index in [9.17, 15) is 9.18 Å². The fourth-order valence-electron chi connectivity index (χ4n) is 3.35. The van der Waals surface area contributed by atoms with E-state index in [4.69, 9.17) is 5.73 Å². The number of para-hydroxylation sites is 2. The molecule has 5 aromatic rings. The van der Waals surface area contributed by atoms with Gasteiger partial charge in [0.05, 0.1) is 29.5 Å². The lowest BCUT2D eigenvalue weighted by molar-refractivity contribution is 0.102. The molecule has 0 saturated carbocycles. The largest absolute Gasteiger partial charge is 0.397 e. The second-order valence-corrected chi connectivity index (χ2v) is 7.21. The molecule has 162 valence electrons. The molecule has 0 aliphatic heterocycles. The summed E-state index contributed by atoms with van der Waals surface area (Å²) in [6.07, 6.45) is 4.47. The van der Waals surface area contributed by atoms with Gasteiger partial charge in [0.15, 0.2) is 5.82 Å². The Morgan fingerprint density at radius 2 is 1.73 bits per heavy atom. The minimum atomic E-state index is -0.557. The summed E-state index contributed by atoms with van der Waals surface area (Å²) in [7, 11) is 0. The van der Waals surface area contributed by atoms with Crippen LogP contribution >= 0.6 is 0 Å². The first-order valence-corrected chi connectivity index (χ1v) is 10.1. The van der Waals surface area contributed by atoms with Crippen LogP contribution in [0.1, 0.15) is 10.4 Å². The Balaban J connectivity index is 1.35. The quantitative estimate of drug-likeness (QED) is 0.348. The number of hydrogen-bond donors (Lipinski definition) is 3. The van der Waals surface area contributed by atoms with E-state index in [1.165, 1.54) is 0 Å². The number of benzene rings is 2. The van der Waals surface area contributed by atoms with Gasteiger partial charge in [-0.2, -0.15) is 0 Å². The molecular weight excluding hydrogens is 421 g/mol. The van der Waals surface area contributed by atoms with Crippen LogP contribution in [0.15, 0.2) is 85.3 Å². The number of pyridine rings is 1. The number of fused-ring (bicyclic) bond motifs is 1. The Labute approximate surface area is 188 Å². The molecule has 0 aliphatic carbocycles. The summed E-state index contributed by atoms with van der Waals surface area (Å²) in [4.78, 5) is 25.1. The molecule has 0 saturated heterocycles. The average molecular weight is 439 g/mol. The van der Waals surface area contributed by atoms with E-state index in [2.05, 4.69) is 25.6 Å². The lowest BCUT2D eigenvalue weighted by Crippen LogP contribution is -2.13. The summed E-state index contributed by atoms with van der Waals surface area (Å²) in [5.74, 6) is -0.627. The smallest absolute Gasteiger partial charge is 0.255 e. The van der Waals surface area contributed by atoms with Crippen molar-refractivity contribution in [2.24, 2.45) is 0 Å². The Morgan fingerprint density at radius 3 is 2.55 bits per heavy atom. The molecule has 0 unspecified atom stereocenters. The average Bonchev–Trinajstić information content (AvgIpc) is 3.26. The Kier molecular flexibility index (Phi) is 5.12. The van der Waals surface area contributed by atoms with E-state index in [-0.39, 0.29) is 17.5 Å². The van der Waals surface area contributed by atoms with E-state index in [0.717, 1.165) is 6.20 Å². The van der Waals surface area contributed by atoms with Crippen molar-refractivity contribution < 1.29 is 9.18 Å². The standard InChI is InChI=1S/C24H18FN7O/c25-17-13-28-24(31-22(17)20-14-27-21-7-3-4-12-32(20)21)29-16-10-8-15(9-11-16)23(33)30-19-6-2-1-5-18(19)26/h1-14H,26H2,(H,30,33)(H,28,29,31). The summed E-state index contributed by atoms with van der Waals surface area (Å²) >= 11 is 0. The number of rotatable bonds is 5. The molecule has 2 aromatic carbocycles. The van der Waals surface area contributed by atoms with Crippen LogP contribution in [0.4, 0.5) is 27.4 Å². The van der Waals surface area contributed by atoms with Crippen molar-refractivity contribution in [1.82, 2.24) is 19.4 Å². The maximum atomic E-state index is 14.5. The van der Waals surface area contributed by atoms with E-state index < -0.39 is 5.82 Å². The van der Waals surface area contributed by atoms with Crippen LogP contribution in [0.25, 0.3) is 17.0 Å². The van der Waals surface area contributed by atoms with Gasteiger partial charge in [-0.3, -0.25) is 9.20 Å². The maximum absolute atomic E-state index is 14.5. The molecule has 0 fully saturated rings. The SMILES string of the molecule is Nc1ccccc1NC(=O)c1ccc(Nc2ncc(F)c(-c3cnc4ccccn34)n2)cc1. The minimum Gasteiger partial charge on any atom is -0.397 e. The number of hydrogen-bond acceptors (Lipinski definition) is 6. The monoisotopic (exact) mass is 439 g/mol. The first-order chi connectivity index (χ1) is 16.1. The van der Waals surface area contributed by atoms with Crippen LogP contribution in [0.2, 0.25) is 0 Å². The fourth-order valence-corrected chi connectivity index (χ4v) is 3.35.